The third-order valence-electron chi connectivity index (χ3n) is 5.09. The molecule has 3 heterocycles. The summed E-state index contributed by atoms with van der Waals surface area (Å²) in [7, 11) is 0. The lowest BCUT2D eigenvalue weighted by Crippen LogP contribution is -2.45. The number of hydrogen-bond donors (Lipinski definition) is 2. The summed E-state index contributed by atoms with van der Waals surface area (Å²) in [5, 5.41) is 10.5. The number of aromatic amines is 1. The maximum absolute atomic E-state index is 12.5. The first kappa shape index (κ1) is 17.6. The molecular weight excluding hydrogens is 340 g/mol. The number of anilines is 1. The molecular formula is C20H24N6O. The second-order valence-corrected chi connectivity index (χ2v) is 6.83. The average Bonchev–Trinajstić information content (AvgIpc) is 3.14. The number of pyridine rings is 1. The molecule has 1 saturated heterocycles. The molecule has 0 aliphatic carbocycles. The van der Waals surface area contributed by atoms with Crippen molar-refractivity contribution < 1.29 is 4.79 Å². The summed E-state index contributed by atoms with van der Waals surface area (Å²) in [5.74, 6) is -0.214. The van der Waals surface area contributed by atoms with Crippen molar-refractivity contribution in [1.29, 1.82) is 0 Å². The van der Waals surface area contributed by atoms with Crippen molar-refractivity contribution in [3.8, 4) is 0 Å². The van der Waals surface area contributed by atoms with Gasteiger partial charge in [-0.05, 0) is 36.4 Å². The first-order valence-corrected chi connectivity index (χ1v) is 9.37. The van der Waals surface area contributed by atoms with Gasteiger partial charge in [0.2, 0.25) is 0 Å². The molecule has 2 aromatic heterocycles. The van der Waals surface area contributed by atoms with Crippen LogP contribution in [0.15, 0.2) is 42.6 Å². The van der Waals surface area contributed by atoms with Crippen LogP contribution in [0, 0.1) is 0 Å². The smallest absolute Gasteiger partial charge is 0.274 e. The van der Waals surface area contributed by atoms with Crippen molar-refractivity contribution >= 4 is 22.6 Å². The van der Waals surface area contributed by atoms with Crippen LogP contribution < -0.4 is 5.32 Å². The Balaban J connectivity index is 1.37. The summed E-state index contributed by atoms with van der Waals surface area (Å²) in [4.78, 5) is 21.6. The Hall–Kier alpha value is -2.77. The molecule has 1 aliphatic heterocycles. The number of fused-ring (bicyclic) bond motifs is 1. The van der Waals surface area contributed by atoms with Crippen LogP contribution in [0.4, 0.5) is 5.69 Å². The third kappa shape index (κ3) is 3.99. The van der Waals surface area contributed by atoms with Crippen LogP contribution in [0.25, 0.3) is 11.0 Å². The van der Waals surface area contributed by atoms with Gasteiger partial charge in [-0.2, -0.15) is 5.10 Å². The molecule has 1 amide bonds. The van der Waals surface area contributed by atoms with E-state index >= 15 is 0 Å². The van der Waals surface area contributed by atoms with E-state index in [1.807, 2.05) is 18.2 Å². The summed E-state index contributed by atoms with van der Waals surface area (Å²) in [6.07, 6.45) is 1.66. The number of carbonyl (C=O) groups excluding carboxylic acids is 1. The average molecular weight is 364 g/mol. The van der Waals surface area contributed by atoms with E-state index in [0.717, 1.165) is 50.3 Å². The molecule has 1 aromatic carbocycles. The Morgan fingerprint density at radius 2 is 1.85 bits per heavy atom. The van der Waals surface area contributed by atoms with Crippen LogP contribution >= 0.6 is 0 Å². The number of hydrogen-bond acceptors (Lipinski definition) is 5. The largest absolute Gasteiger partial charge is 0.321 e. The molecule has 0 unspecified atom stereocenters. The van der Waals surface area contributed by atoms with Gasteiger partial charge < -0.3 is 10.2 Å². The lowest BCUT2D eigenvalue weighted by atomic mass is 10.1. The number of nitrogens with one attached hydrogen (secondary N) is 2. The van der Waals surface area contributed by atoms with Crippen LogP contribution in [-0.4, -0.2) is 63.6 Å². The maximum atomic E-state index is 12.5. The van der Waals surface area contributed by atoms with E-state index in [1.54, 1.807) is 12.3 Å². The molecule has 1 aliphatic rings. The molecule has 7 nitrogen and oxygen atoms in total. The van der Waals surface area contributed by atoms with Crippen LogP contribution in [0.5, 0.6) is 0 Å². The monoisotopic (exact) mass is 364 g/mol. The van der Waals surface area contributed by atoms with Gasteiger partial charge in [0, 0.05) is 44.6 Å². The number of benzene rings is 1. The van der Waals surface area contributed by atoms with Gasteiger partial charge in [-0.25, -0.2) is 4.98 Å². The van der Waals surface area contributed by atoms with E-state index in [2.05, 4.69) is 49.4 Å². The van der Waals surface area contributed by atoms with Gasteiger partial charge in [0.05, 0.1) is 5.39 Å². The zero-order valence-corrected chi connectivity index (χ0v) is 15.5. The molecule has 3 aromatic rings. The maximum Gasteiger partial charge on any atom is 0.274 e. The zero-order valence-electron chi connectivity index (χ0n) is 15.5. The topological polar surface area (TPSA) is 77.1 Å². The Bertz CT molecular complexity index is 912. The van der Waals surface area contributed by atoms with Crippen LogP contribution in [-0.2, 0) is 6.54 Å². The minimum absolute atomic E-state index is 0.214. The predicted octanol–water partition coefficient (Wildman–Crippen LogP) is 2.35. The second-order valence-electron chi connectivity index (χ2n) is 6.83. The molecule has 0 saturated carbocycles. The number of nitrogens with zero attached hydrogens (tertiary/aromatic N) is 4. The number of carbonyl (C=O) groups is 1. The van der Waals surface area contributed by atoms with Crippen molar-refractivity contribution in [3.63, 3.8) is 0 Å². The Morgan fingerprint density at radius 1 is 1.11 bits per heavy atom. The fourth-order valence-electron chi connectivity index (χ4n) is 3.43. The minimum Gasteiger partial charge on any atom is -0.321 e. The third-order valence-corrected chi connectivity index (χ3v) is 5.09. The second kappa shape index (κ2) is 7.85. The lowest BCUT2D eigenvalue weighted by Gasteiger charge is -2.34. The van der Waals surface area contributed by atoms with Gasteiger partial charge >= 0.3 is 0 Å². The quantitative estimate of drug-likeness (QED) is 0.727. The molecule has 140 valence electrons. The number of piperazine rings is 1. The molecule has 0 bridgehead atoms. The van der Waals surface area contributed by atoms with Gasteiger partial charge in [0.15, 0.2) is 5.65 Å². The number of amides is 1. The highest BCUT2D eigenvalue weighted by Crippen LogP contribution is 2.17. The Kier molecular flexibility index (Phi) is 5.13. The first-order valence-electron chi connectivity index (χ1n) is 9.37. The van der Waals surface area contributed by atoms with Crippen LogP contribution in [0.2, 0.25) is 0 Å². The van der Waals surface area contributed by atoms with E-state index < -0.39 is 0 Å². The van der Waals surface area contributed by atoms with E-state index in [-0.39, 0.29) is 5.91 Å². The summed E-state index contributed by atoms with van der Waals surface area (Å²) in [6, 6.07) is 11.7. The minimum atomic E-state index is -0.214. The van der Waals surface area contributed by atoms with Gasteiger partial charge in [0.1, 0.15) is 5.69 Å². The highest BCUT2D eigenvalue weighted by molar-refractivity contribution is 6.10. The predicted molar refractivity (Wildman–Crippen MR) is 106 cm³/mol. The van der Waals surface area contributed by atoms with Crippen LogP contribution in [0.3, 0.4) is 0 Å². The fourth-order valence-corrected chi connectivity index (χ4v) is 3.43. The van der Waals surface area contributed by atoms with E-state index in [4.69, 9.17) is 0 Å². The van der Waals surface area contributed by atoms with Crippen molar-refractivity contribution in [2.45, 2.75) is 13.5 Å². The van der Waals surface area contributed by atoms with Crippen molar-refractivity contribution in [3.05, 3.63) is 53.9 Å². The van der Waals surface area contributed by atoms with Gasteiger partial charge in [-0.1, -0.05) is 19.1 Å². The highest BCUT2D eigenvalue weighted by Gasteiger charge is 2.16. The molecule has 1 fully saturated rings. The zero-order chi connectivity index (χ0) is 18.6. The first-order chi connectivity index (χ1) is 13.2. The normalized spacial score (nSPS) is 15.9. The summed E-state index contributed by atoms with van der Waals surface area (Å²) in [6.45, 7) is 8.77. The molecule has 2 N–H and O–H groups in total. The Labute approximate surface area is 158 Å². The Morgan fingerprint density at radius 3 is 2.59 bits per heavy atom. The number of aromatic nitrogens is 3. The number of rotatable bonds is 5. The molecule has 27 heavy (non-hydrogen) atoms. The SMILES string of the molecule is CCN1CCN(Cc2ccc(NC(=O)c3[nH]nc4ncccc34)cc2)CC1. The van der Waals surface area contributed by atoms with Crippen molar-refractivity contribution in [2.24, 2.45) is 0 Å². The summed E-state index contributed by atoms with van der Waals surface area (Å²) < 4.78 is 0. The molecule has 4 rings (SSSR count). The molecule has 0 radical (unpaired) electrons. The van der Waals surface area contributed by atoms with Gasteiger partial charge in [-0.3, -0.25) is 14.8 Å². The number of H-pyrrole nitrogens is 1. The number of likely N-dealkylation sites (N-methyl/N-ethyl adjacent to an activating group) is 1. The van der Waals surface area contributed by atoms with Gasteiger partial charge in [0.25, 0.3) is 5.91 Å². The lowest BCUT2D eigenvalue weighted by molar-refractivity contribution is 0.102. The van der Waals surface area contributed by atoms with E-state index in [1.165, 1.54) is 5.56 Å². The van der Waals surface area contributed by atoms with Crippen LogP contribution in [0.1, 0.15) is 23.0 Å². The molecule has 0 spiro atoms. The van der Waals surface area contributed by atoms with Crippen molar-refractivity contribution in [1.82, 2.24) is 25.0 Å². The van der Waals surface area contributed by atoms with Gasteiger partial charge in [-0.15, -0.1) is 0 Å². The molecule has 0 atom stereocenters. The fraction of sp³-hybridized carbons (Fsp3) is 0.350. The highest BCUT2D eigenvalue weighted by atomic mass is 16.1. The summed E-state index contributed by atoms with van der Waals surface area (Å²) in [5.41, 5.74) is 3.00. The van der Waals surface area contributed by atoms with Crippen molar-refractivity contribution in [2.75, 3.05) is 38.0 Å². The summed E-state index contributed by atoms with van der Waals surface area (Å²) >= 11 is 0. The molecule has 7 heteroatoms. The van der Waals surface area contributed by atoms with E-state index in [9.17, 15) is 4.79 Å². The standard InChI is InChI=1S/C20H24N6O/c1-2-25-10-12-26(13-11-25)14-15-5-7-16(8-6-15)22-20(27)18-17-4-3-9-21-19(17)24-23-18/h3-9H,2,10-14H2,1H3,(H,22,27)(H,21,23,24). The van der Waals surface area contributed by atoms with E-state index in [0.29, 0.717) is 11.3 Å².